The number of benzene rings is 1. The first kappa shape index (κ1) is 16.6. The van der Waals surface area contributed by atoms with Crippen molar-refractivity contribution in [3.05, 3.63) is 46.3 Å². The summed E-state index contributed by atoms with van der Waals surface area (Å²) in [6.07, 6.45) is 9.69. The smallest absolute Gasteiger partial charge is 0.163 e. The van der Waals surface area contributed by atoms with Crippen LogP contribution >= 0.6 is 23.2 Å². The highest BCUT2D eigenvalue weighted by molar-refractivity contribution is 6.35. The van der Waals surface area contributed by atoms with E-state index in [1.54, 1.807) is 12.4 Å². The SMILES string of the molecule is Clc1ccc(Cn2ncc3c(NC4CCCCC4)ncnc32)c(Cl)c1. The van der Waals surface area contributed by atoms with Crippen molar-refractivity contribution in [1.29, 1.82) is 0 Å². The molecular weight excluding hydrogens is 357 g/mol. The molecule has 1 N–H and O–H groups in total. The molecule has 0 bridgehead atoms. The molecule has 1 aromatic carbocycles. The summed E-state index contributed by atoms with van der Waals surface area (Å²) in [6.45, 7) is 0.541. The second kappa shape index (κ2) is 7.18. The molecule has 2 heterocycles. The molecular formula is C18H19Cl2N5. The van der Waals surface area contributed by atoms with Gasteiger partial charge in [0, 0.05) is 16.1 Å². The lowest BCUT2D eigenvalue weighted by atomic mass is 9.95. The molecule has 0 radical (unpaired) electrons. The zero-order valence-electron chi connectivity index (χ0n) is 13.8. The predicted octanol–water partition coefficient (Wildman–Crippen LogP) is 4.93. The molecule has 0 unspecified atom stereocenters. The van der Waals surface area contributed by atoms with Gasteiger partial charge in [0.15, 0.2) is 5.65 Å². The van der Waals surface area contributed by atoms with Gasteiger partial charge in [-0.1, -0.05) is 48.5 Å². The lowest BCUT2D eigenvalue weighted by Crippen LogP contribution is -2.22. The second-order valence-corrected chi connectivity index (χ2v) is 7.32. The van der Waals surface area contributed by atoms with Gasteiger partial charge in [0.2, 0.25) is 0 Å². The van der Waals surface area contributed by atoms with Gasteiger partial charge in [-0.3, -0.25) is 0 Å². The summed E-state index contributed by atoms with van der Waals surface area (Å²) in [5.74, 6) is 0.866. The molecule has 1 aliphatic rings. The van der Waals surface area contributed by atoms with Gasteiger partial charge in [-0.2, -0.15) is 5.10 Å². The van der Waals surface area contributed by atoms with Gasteiger partial charge in [-0.15, -0.1) is 0 Å². The summed E-state index contributed by atoms with van der Waals surface area (Å²) in [4.78, 5) is 8.85. The molecule has 25 heavy (non-hydrogen) atoms. The van der Waals surface area contributed by atoms with Gasteiger partial charge in [-0.25, -0.2) is 14.6 Å². The first-order valence-corrected chi connectivity index (χ1v) is 9.33. The van der Waals surface area contributed by atoms with Crippen LogP contribution < -0.4 is 5.32 Å². The first-order chi connectivity index (χ1) is 12.2. The number of rotatable bonds is 4. The lowest BCUT2D eigenvalue weighted by molar-refractivity contribution is 0.462. The van der Waals surface area contributed by atoms with Crippen LogP contribution in [0.4, 0.5) is 5.82 Å². The molecule has 0 amide bonds. The Morgan fingerprint density at radius 3 is 2.76 bits per heavy atom. The standard InChI is InChI=1S/C18H19Cl2N5/c19-13-7-6-12(16(20)8-13)10-25-18-15(9-23-25)17(21-11-22-18)24-14-4-2-1-3-5-14/h6-9,11,14H,1-5,10H2,(H,21,22,24). The quantitative estimate of drug-likeness (QED) is 0.702. The Morgan fingerprint density at radius 2 is 1.96 bits per heavy atom. The highest BCUT2D eigenvalue weighted by atomic mass is 35.5. The van der Waals surface area contributed by atoms with E-state index in [0.29, 0.717) is 22.6 Å². The molecule has 5 nitrogen and oxygen atoms in total. The third kappa shape index (κ3) is 3.58. The van der Waals surface area contributed by atoms with E-state index < -0.39 is 0 Å². The summed E-state index contributed by atoms with van der Waals surface area (Å²) in [7, 11) is 0. The van der Waals surface area contributed by atoms with Crippen molar-refractivity contribution in [2.45, 2.75) is 44.7 Å². The summed E-state index contributed by atoms with van der Waals surface area (Å²) in [5, 5.41) is 10.3. The maximum atomic E-state index is 6.29. The van der Waals surface area contributed by atoms with Crippen molar-refractivity contribution >= 4 is 40.1 Å². The van der Waals surface area contributed by atoms with Crippen LogP contribution in [-0.2, 0) is 6.54 Å². The van der Waals surface area contributed by atoms with Crippen molar-refractivity contribution in [2.75, 3.05) is 5.32 Å². The Bertz CT molecular complexity index is 886. The second-order valence-electron chi connectivity index (χ2n) is 6.48. The Morgan fingerprint density at radius 1 is 1.12 bits per heavy atom. The Balaban J connectivity index is 1.62. The minimum Gasteiger partial charge on any atom is -0.367 e. The van der Waals surface area contributed by atoms with E-state index in [9.17, 15) is 0 Å². The van der Waals surface area contributed by atoms with Crippen molar-refractivity contribution in [3.8, 4) is 0 Å². The topological polar surface area (TPSA) is 55.6 Å². The van der Waals surface area contributed by atoms with E-state index in [1.807, 2.05) is 23.0 Å². The van der Waals surface area contributed by atoms with E-state index in [1.165, 1.54) is 32.1 Å². The van der Waals surface area contributed by atoms with Gasteiger partial charge < -0.3 is 5.32 Å². The van der Waals surface area contributed by atoms with Gasteiger partial charge in [0.1, 0.15) is 12.1 Å². The summed E-state index contributed by atoms with van der Waals surface area (Å²) in [5.41, 5.74) is 1.76. The number of halogens is 2. The Labute approximate surface area is 156 Å². The third-order valence-electron chi connectivity index (χ3n) is 4.71. The first-order valence-electron chi connectivity index (χ1n) is 8.58. The molecule has 1 saturated carbocycles. The van der Waals surface area contributed by atoms with Crippen LogP contribution in [0.3, 0.4) is 0 Å². The van der Waals surface area contributed by atoms with E-state index >= 15 is 0 Å². The van der Waals surface area contributed by atoms with Crippen LogP contribution in [0.25, 0.3) is 11.0 Å². The maximum Gasteiger partial charge on any atom is 0.163 e. The van der Waals surface area contributed by atoms with Crippen molar-refractivity contribution in [1.82, 2.24) is 19.7 Å². The number of nitrogens with zero attached hydrogens (tertiary/aromatic N) is 4. The number of nitrogens with one attached hydrogen (secondary N) is 1. The summed E-state index contributed by atoms with van der Waals surface area (Å²) >= 11 is 12.3. The lowest BCUT2D eigenvalue weighted by Gasteiger charge is -2.23. The van der Waals surface area contributed by atoms with Crippen molar-refractivity contribution < 1.29 is 0 Å². The van der Waals surface area contributed by atoms with E-state index in [4.69, 9.17) is 23.2 Å². The largest absolute Gasteiger partial charge is 0.367 e. The molecule has 0 aliphatic heterocycles. The average Bonchev–Trinajstić information content (AvgIpc) is 3.02. The minimum absolute atomic E-state index is 0.487. The number of fused-ring (bicyclic) bond motifs is 1. The van der Waals surface area contributed by atoms with Gasteiger partial charge >= 0.3 is 0 Å². The predicted molar refractivity (Wildman–Crippen MR) is 101 cm³/mol. The number of hydrogen-bond acceptors (Lipinski definition) is 4. The molecule has 0 saturated heterocycles. The fourth-order valence-corrected chi connectivity index (χ4v) is 3.84. The van der Waals surface area contributed by atoms with Gasteiger partial charge in [0.25, 0.3) is 0 Å². The zero-order valence-corrected chi connectivity index (χ0v) is 15.3. The third-order valence-corrected chi connectivity index (χ3v) is 5.30. The van der Waals surface area contributed by atoms with Gasteiger partial charge in [0.05, 0.1) is 18.1 Å². The normalized spacial score (nSPS) is 15.6. The van der Waals surface area contributed by atoms with Crippen LogP contribution in [0.2, 0.25) is 10.0 Å². The van der Waals surface area contributed by atoms with Crippen LogP contribution in [0.1, 0.15) is 37.7 Å². The molecule has 7 heteroatoms. The van der Waals surface area contributed by atoms with E-state index in [-0.39, 0.29) is 0 Å². The molecule has 4 rings (SSSR count). The Kier molecular flexibility index (Phi) is 4.77. The number of hydrogen-bond donors (Lipinski definition) is 1. The fraction of sp³-hybridized carbons (Fsp3) is 0.389. The van der Waals surface area contributed by atoms with Crippen molar-refractivity contribution in [2.24, 2.45) is 0 Å². The molecule has 1 aliphatic carbocycles. The highest BCUT2D eigenvalue weighted by Crippen LogP contribution is 2.26. The average molecular weight is 376 g/mol. The van der Waals surface area contributed by atoms with Crippen LogP contribution in [0.5, 0.6) is 0 Å². The van der Waals surface area contributed by atoms with Crippen LogP contribution in [-0.4, -0.2) is 25.8 Å². The number of aromatic nitrogens is 4. The van der Waals surface area contributed by atoms with E-state index in [0.717, 1.165) is 22.4 Å². The van der Waals surface area contributed by atoms with Crippen LogP contribution in [0, 0.1) is 0 Å². The van der Waals surface area contributed by atoms with Gasteiger partial charge in [-0.05, 0) is 30.5 Å². The zero-order chi connectivity index (χ0) is 17.2. The molecule has 1 fully saturated rings. The molecule has 0 spiro atoms. The molecule has 2 aromatic heterocycles. The monoisotopic (exact) mass is 375 g/mol. The molecule has 3 aromatic rings. The van der Waals surface area contributed by atoms with E-state index in [2.05, 4.69) is 20.4 Å². The minimum atomic E-state index is 0.487. The Hall–Kier alpha value is -1.85. The fourth-order valence-electron chi connectivity index (χ4n) is 3.38. The highest BCUT2D eigenvalue weighted by Gasteiger charge is 2.17. The number of anilines is 1. The maximum absolute atomic E-state index is 6.29. The van der Waals surface area contributed by atoms with Crippen LogP contribution in [0.15, 0.2) is 30.7 Å². The van der Waals surface area contributed by atoms with Crippen molar-refractivity contribution in [3.63, 3.8) is 0 Å². The summed E-state index contributed by atoms with van der Waals surface area (Å²) < 4.78 is 1.85. The molecule has 0 atom stereocenters. The summed E-state index contributed by atoms with van der Waals surface area (Å²) in [6, 6.07) is 5.98. The molecule has 130 valence electrons.